The van der Waals surface area contributed by atoms with Crippen LogP contribution in [0.4, 0.5) is 0 Å². The minimum atomic E-state index is -1.01. The minimum Gasteiger partial charge on any atom is -0.480 e. The number of hydrogen-bond acceptors (Lipinski definition) is 2. The monoisotopic (exact) mass is 272 g/mol. The zero-order valence-electron chi connectivity index (χ0n) is 5.59. The van der Waals surface area contributed by atoms with Gasteiger partial charge in [-0.1, -0.05) is 23.2 Å². The summed E-state index contributed by atoms with van der Waals surface area (Å²) in [5.41, 5.74) is 0. The highest BCUT2D eigenvalue weighted by Crippen LogP contribution is 2.25. The molecular weight excluding hydrogens is 271 g/mol. The Morgan fingerprint density at radius 2 is 2.25 bits per heavy atom. The van der Waals surface area contributed by atoms with E-state index in [1.165, 1.54) is 4.57 Å². The van der Waals surface area contributed by atoms with E-state index >= 15 is 0 Å². The van der Waals surface area contributed by atoms with Crippen LogP contribution in [0.15, 0.2) is 4.73 Å². The second kappa shape index (κ2) is 3.64. The van der Waals surface area contributed by atoms with Gasteiger partial charge in [-0.25, -0.2) is 4.98 Å². The van der Waals surface area contributed by atoms with Gasteiger partial charge in [0.25, 0.3) is 0 Å². The van der Waals surface area contributed by atoms with E-state index in [9.17, 15) is 4.79 Å². The predicted octanol–water partition coefficient (Wildman–Crippen LogP) is 2.04. The molecule has 0 radical (unpaired) electrons. The Labute approximate surface area is 86.2 Å². The van der Waals surface area contributed by atoms with Gasteiger partial charge >= 0.3 is 5.97 Å². The molecule has 0 spiro atoms. The van der Waals surface area contributed by atoms with Gasteiger partial charge in [0.05, 0.1) is 0 Å². The molecule has 66 valence electrons. The zero-order valence-corrected chi connectivity index (χ0v) is 8.69. The number of nitrogens with zero attached hydrogens (tertiary/aromatic N) is 2. The number of aromatic nitrogens is 2. The van der Waals surface area contributed by atoms with Crippen LogP contribution >= 0.6 is 39.1 Å². The van der Waals surface area contributed by atoms with Gasteiger partial charge in [-0.3, -0.25) is 9.36 Å². The van der Waals surface area contributed by atoms with Gasteiger partial charge < -0.3 is 5.11 Å². The van der Waals surface area contributed by atoms with E-state index in [1.54, 1.807) is 0 Å². The fourth-order valence-corrected chi connectivity index (χ4v) is 1.70. The van der Waals surface area contributed by atoms with Crippen molar-refractivity contribution in [3.63, 3.8) is 0 Å². The van der Waals surface area contributed by atoms with Gasteiger partial charge in [0.2, 0.25) is 0 Å². The normalized spacial score (nSPS) is 10.2. The Hall–Kier alpha value is -0.260. The van der Waals surface area contributed by atoms with E-state index in [0.29, 0.717) is 4.73 Å². The van der Waals surface area contributed by atoms with Crippen LogP contribution in [0.2, 0.25) is 10.3 Å². The first kappa shape index (κ1) is 9.83. The number of halogens is 3. The highest BCUT2D eigenvalue weighted by Gasteiger charge is 2.13. The summed E-state index contributed by atoms with van der Waals surface area (Å²) in [5.74, 6) is -1.01. The lowest BCUT2D eigenvalue weighted by Crippen LogP contribution is -2.08. The molecule has 0 aliphatic heterocycles. The Kier molecular flexibility index (Phi) is 2.98. The molecule has 0 saturated carbocycles. The minimum absolute atomic E-state index is 0.0878. The Morgan fingerprint density at radius 3 is 2.58 bits per heavy atom. The number of rotatable bonds is 2. The van der Waals surface area contributed by atoms with Crippen molar-refractivity contribution in [1.82, 2.24) is 9.55 Å². The molecule has 0 unspecified atom stereocenters. The first-order valence-corrected chi connectivity index (χ1v) is 4.36. The van der Waals surface area contributed by atoms with Crippen LogP contribution in [0.1, 0.15) is 0 Å². The Balaban J connectivity index is 3.05. The second-order valence-corrected chi connectivity index (χ2v) is 3.37. The molecule has 0 saturated heterocycles. The largest absolute Gasteiger partial charge is 0.480 e. The quantitative estimate of drug-likeness (QED) is 0.897. The maximum absolute atomic E-state index is 10.3. The predicted molar refractivity (Wildman–Crippen MR) is 47.6 cm³/mol. The van der Waals surface area contributed by atoms with Crippen LogP contribution in [-0.2, 0) is 11.3 Å². The molecule has 1 aromatic heterocycles. The van der Waals surface area contributed by atoms with E-state index in [1.807, 2.05) is 0 Å². The second-order valence-electron chi connectivity index (χ2n) is 1.94. The SMILES string of the molecule is O=C(O)Cn1c(Br)nc(Cl)c1Cl. The van der Waals surface area contributed by atoms with Crippen molar-refractivity contribution >= 4 is 45.1 Å². The van der Waals surface area contributed by atoms with Gasteiger partial charge in [0.1, 0.15) is 11.7 Å². The maximum atomic E-state index is 10.3. The number of carboxylic acids is 1. The molecule has 0 bridgehead atoms. The van der Waals surface area contributed by atoms with Crippen molar-refractivity contribution in [3.05, 3.63) is 15.0 Å². The lowest BCUT2D eigenvalue weighted by Gasteiger charge is -1.99. The topological polar surface area (TPSA) is 55.1 Å². The molecule has 0 aromatic carbocycles. The van der Waals surface area contributed by atoms with Crippen molar-refractivity contribution in [1.29, 1.82) is 0 Å². The number of carbonyl (C=O) groups is 1. The summed E-state index contributed by atoms with van der Waals surface area (Å²) in [7, 11) is 0. The van der Waals surface area contributed by atoms with Gasteiger partial charge in [0.15, 0.2) is 9.89 Å². The molecule has 0 atom stereocenters. The van der Waals surface area contributed by atoms with Gasteiger partial charge in [-0.05, 0) is 15.9 Å². The van der Waals surface area contributed by atoms with Crippen LogP contribution in [0, 0.1) is 0 Å². The van der Waals surface area contributed by atoms with Gasteiger partial charge in [-0.2, -0.15) is 0 Å². The smallest absolute Gasteiger partial charge is 0.323 e. The number of carboxylic acid groups (broad SMARTS) is 1. The molecule has 1 heterocycles. The summed E-state index contributed by atoms with van der Waals surface area (Å²) < 4.78 is 1.55. The Morgan fingerprint density at radius 1 is 1.67 bits per heavy atom. The van der Waals surface area contributed by atoms with Gasteiger partial charge in [0, 0.05) is 0 Å². The number of aliphatic carboxylic acids is 1. The fourth-order valence-electron chi connectivity index (χ4n) is 0.650. The number of hydrogen-bond donors (Lipinski definition) is 1. The Bertz CT molecular complexity index is 325. The van der Waals surface area contributed by atoms with Crippen LogP contribution in [0.25, 0.3) is 0 Å². The summed E-state index contributed by atoms with van der Waals surface area (Å²) in [4.78, 5) is 14.0. The highest BCUT2D eigenvalue weighted by atomic mass is 79.9. The van der Waals surface area contributed by atoms with Gasteiger partial charge in [-0.15, -0.1) is 0 Å². The van der Waals surface area contributed by atoms with E-state index in [-0.39, 0.29) is 16.9 Å². The van der Waals surface area contributed by atoms with E-state index < -0.39 is 5.97 Å². The van der Waals surface area contributed by atoms with Crippen LogP contribution in [-0.4, -0.2) is 20.6 Å². The lowest BCUT2D eigenvalue weighted by atomic mass is 10.6. The first-order valence-electron chi connectivity index (χ1n) is 2.81. The maximum Gasteiger partial charge on any atom is 0.323 e. The third-order valence-electron chi connectivity index (χ3n) is 1.11. The fraction of sp³-hybridized carbons (Fsp3) is 0.200. The van der Waals surface area contributed by atoms with Crippen molar-refractivity contribution in [2.24, 2.45) is 0 Å². The molecule has 12 heavy (non-hydrogen) atoms. The third-order valence-corrected chi connectivity index (χ3v) is 2.46. The zero-order chi connectivity index (χ0) is 9.30. The molecule has 1 aromatic rings. The molecular formula is C5H3BrCl2N2O2. The van der Waals surface area contributed by atoms with Crippen molar-refractivity contribution in [3.8, 4) is 0 Å². The first-order chi connectivity index (χ1) is 5.52. The molecule has 1 rings (SSSR count). The molecule has 0 aliphatic rings. The third kappa shape index (κ3) is 1.91. The van der Waals surface area contributed by atoms with Crippen LogP contribution in [0.5, 0.6) is 0 Å². The summed E-state index contributed by atoms with van der Waals surface area (Å²) >= 11 is 14.2. The molecule has 7 heteroatoms. The number of imidazole rings is 1. The molecule has 0 amide bonds. The van der Waals surface area contributed by atoms with E-state index in [0.717, 1.165) is 0 Å². The van der Waals surface area contributed by atoms with E-state index in [4.69, 9.17) is 28.3 Å². The van der Waals surface area contributed by atoms with Crippen molar-refractivity contribution < 1.29 is 9.90 Å². The van der Waals surface area contributed by atoms with Crippen molar-refractivity contribution in [2.45, 2.75) is 6.54 Å². The highest BCUT2D eigenvalue weighted by molar-refractivity contribution is 9.10. The molecule has 4 nitrogen and oxygen atoms in total. The van der Waals surface area contributed by atoms with Crippen molar-refractivity contribution in [2.75, 3.05) is 0 Å². The van der Waals surface area contributed by atoms with Crippen LogP contribution in [0.3, 0.4) is 0 Å². The molecule has 0 fully saturated rings. The summed E-state index contributed by atoms with van der Waals surface area (Å²) in [6.45, 7) is -0.265. The molecule has 0 aliphatic carbocycles. The average molecular weight is 274 g/mol. The van der Waals surface area contributed by atoms with E-state index in [2.05, 4.69) is 20.9 Å². The standard InChI is InChI=1S/C5H3BrCl2N2O2/c6-5-9-3(7)4(8)10(5)1-2(11)12/h1H2,(H,11,12). The summed E-state index contributed by atoms with van der Waals surface area (Å²) in [6.07, 6.45) is 0. The summed E-state index contributed by atoms with van der Waals surface area (Å²) in [6, 6.07) is 0. The molecule has 1 N–H and O–H groups in total. The summed E-state index contributed by atoms with van der Waals surface area (Å²) in [5, 5.41) is 8.66. The lowest BCUT2D eigenvalue weighted by molar-refractivity contribution is -0.137. The average Bonchev–Trinajstić information content (AvgIpc) is 2.16. The van der Waals surface area contributed by atoms with Crippen LogP contribution < -0.4 is 0 Å².